The van der Waals surface area contributed by atoms with E-state index in [4.69, 9.17) is 0 Å². The first-order valence-corrected chi connectivity index (χ1v) is 6.61. The van der Waals surface area contributed by atoms with E-state index in [2.05, 4.69) is 10.3 Å². The van der Waals surface area contributed by atoms with Crippen LogP contribution in [-0.4, -0.2) is 55.6 Å². The summed E-state index contributed by atoms with van der Waals surface area (Å²) in [6, 6.07) is 2.43. The third-order valence-electron chi connectivity index (χ3n) is 3.42. The maximum Gasteiger partial charge on any atom is 0.417 e. The predicted octanol–water partition coefficient (Wildman–Crippen LogP) is 0.968. The van der Waals surface area contributed by atoms with Crippen molar-refractivity contribution in [2.45, 2.75) is 6.18 Å². The van der Waals surface area contributed by atoms with Gasteiger partial charge in [-0.25, -0.2) is 4.98 Å². The van der Waals surface area contributed by atoms with Crippen molar-refractivity contribution in [3.05, 3.63) is 23.9 Å². The van der Waals surface area contributed by atoms with Crippen LogP contribution in [0.1, 0.15) is 5.56 Å². The van der Waals surface area contributed by atoms with E-state index in [-0.39, 0.29) is 5.91 Å². The Balaban J connectivity index is 1.92. The number of aromatic nitrogens is 1. The first kappa shape index (κ1) is 15.6. The number of likely N-dealkylation sites (N-methyl/N-ethyl adjacent to an activating group) is 1. The van der Waals surface area contributed by atoms with E-state index in [1.54, 1.807) is 7.05 Å². The highest BCUT2D eigenvalue weighted by Crippen LogP contribution is 2.29. The molecule has 2 heterocycles. The zero-order valence-electron chi connectivity index (χ0n) is 11.7. The second-order valence-corrected chi connectivity index (χ2v) is 4.84. The second kappa shape index (κ2) is 6.30. The molecule has 0 aliphatic carbocycles. The molecule has 1 aromatic rings. The van der Waals surface area contributed by atoms with Crippen LogP contribution in [0.25, 0.3) is 0 Å². The Hall–Kier alpha value is -1.83. The molecule has 5 nitrogen and oxygen atoms in total. The molecule has 1 aliphatic heterocycles. The van der Waals surface area contributed by atoms with Gasteiger partial charge in [0.25, 0.3) is 0 Å². The van der Waals surface area contributed by atoms with Crippen LogP contribution >= 0.6 is 0 Å². The Morgan fingerprint density at radius 3 is 2.43 bits per heavy atom. The molecule has 0 bridgehead atoms. The number of nitrogens with zero attached hydrogens (tertiary/aromatic N) is 3. The Kier molecular flexibility index (Phi) is 4.66. The summed E-state index contributed by atoms with van der Waals surface area (Å²) in [5.74, 6) is 0.485. The summed E-state index contributed by atoms with van der Waals surface area (Å²) in [6.07, 6.45) is -3.51. The van der Waals surface area contributed by atoms with Crippen molar-refractivity contribution in [1.82, 2.24) is 15.2 Å². The van der Waals surface area contributed by atoms with E-state index in [1.165, 1.54) is 6.07 Å². The Labute approximate surface area is 120 Å². The molecule has 116 valence electrons. The van der Waals surface area contributed by atoms with Crippen LogP contribution in [0.5, 0.6) is 0 Å². The summed E-state index contributed by atoms with van der Waals surface area (Å²) in [4.78, 5) is 19.1. The lowest BCUT2D eigenvalue weighted by Gasteiger charge is -2.34. The van der Waals surface area contributed by atoms with E-state index in [0.717, 1.165) is 12.3 Å². The number of hydrogen-bond acceptors (Lipinski definition) is 4. The summed E-state index contributed by atoms with van der Waals surface area (Å²) in [5.41, 5.74) is -0.746. The van der Waals surface area contributed by atoms with Gasteiger partial charge in [-0.05, 0) is 12.1 Å². The minimum atomic E-state index is -4.36. The lowest BCUT2D eigenvalue weighted by atomic mass is 10.2. The van der Waals surface area contributed by atoms with E-state index in [1.807, 2.05) is 9.80 Å². The molecule has 1 aromatic heterocycles. The third-order valence-corrected chi connectivity index (χ3v) is 3.42. The fourth-order valence-corrected chi connectivity index (χ4v) is 2.16. The van der Waals surface area contributed by atoms with Crippen molar-refractivity contribution >= 4 is 11.7 Å². The lowest BCUT2D eigenvalue weighted by molar-refractivity contribution is -0.137. The van der Waals surface area contributed by atoms with Gasteiger partial charge in [0.2, 0.25) is 5.91 Å². The zero-order chi connectivity index (χ0) is 15.5. The average Bonchev–Trinajstić information content (AvgIpc) is 2.47. The number of rotatable bonds is 3. The van der Waals surface area contributed by atoms with Crippen LogP contribution in [-0.2, 0) is 11.0 Å². The third kappa shape index (κ3) is 4.07. The average molecular weight is 302 g/mol. The number of halogens is 3. The second-order valence-electron chi connectivity index (χ2n) is 4.84. The molecule has 0 radical (unpaired) electrons. The molecule has 1 fully saturated rings. The van der Waals surface area contributed by atoms with Gasteiger partial charge in [0, 0.05) is 39.4 Å². The van der Waals surface area contributed by atoms with Gasteiger partial charge in [0.1, 0.15) is 5.82 Å². The smallest absolute Gasteiger partial charge is 0.358 e. The minimum Gasteiger partial charge on any atom is -0.358 e. The lowest BCUT2D eigenvalue weighted by Crippen LogP contribution is -2.49. The van der Waals surface area contributed by atoms with Crippen molar-refractivity contribution in [3.8, 4) is 0 Å². The van der Waals surface area contributed by atoms with E-state index >= 15 is 0 Å². The molecule has 0 unspecified atom stereocenters. The largest absolute Gasteiger partial charge is 0.417 e. The number of nitrogens with one attached hydrogen (secondary N) is 1. The molecule has 1 aliphatic rings. The Bertz CT molecular complexity index is 481. The highest BCUT2D eigenvalue weighted by atomic mass is 19.4. The van der Waals surface area contributed by atoms with E-state index < -0.39 is 11.7 Å². The van der Waals surface area contributed by atoms with Crippen molar-refractivity contribution in [2.75, 3.05) is 44.7 Å². The molecular formula is C13H17F3N4O. The molecule has 1 amide bonds. The summed E-state index contributed by atoms with van der Waals surface area (Å²) in [5, 5.41) is 2.56. The van der Waals surface area contributed by atoms with Crippen molar-refractivity contribution < 1.29 is 18.0 Å². The van der Waals surface area contributed by atoms with Gasteiger partial charge < -0.3 is 10.2 Å². The number of piperazine rings is 1. The molecule has 21 heavy (non-hydrogen) atoms. The SMILES string of the molecule is CNC(=O)CN1CCN(c2ccc(C(F)(F)F)cn2)CC1. The number of carbonyl (C=O) groups excluding carboxylic acids is 1. The van der Waals surface area contributed by atoms with Gasteiger partial charge in [0.05, 0.1) is 12.1 Å². The fraction of sp³-hybridized carbons (Fsp3) is 0.538. The predicted molar refractivity (Wildman–Crippen MR) is 72.0 cm³/mol. The van der Waals surface area contributed by atoms with Gasteiger partial charge >= 0.3 is 6.18 Å². The van der Waals surface area contributed by atoms with Gasteiger partial charge in [-0.3, -0.25) is 9.69 Å². The van der Waals surface area contributed by atoms with Gasteiger partial charge in [-0.1, -0.05) is 0 Å². The number of pyridine rings is 1. The topological polar surface area (TPSA) is 48.5 Å². The van der Waals surface area contributed by atoms with Crippen molar-refractivity contribution in [3.63, 3.8) is 0 Å². The standard InChI is InChI=1S/C13H17F3N4O/c1-17-12(21)9-19-4-6-20(7-5-19)11-3-2-10(8-18-11)13(14,15)16/h2-3,8H,4-7,9H2,1H3,(H,17,21). The van der Waals surface area contributed by atoms with Crippen LogP contribution in [0.2, 0.25) is 0 Å². The fourth-order valence-electron chi connectivity index (χ4n) is 2.16. The van der Waals surface area contributed by atoms with Crippen LogP contribution in [0, 0.1) is 0 Å². The first-order valence-electron chi connectivity index (χ1n) is 6.61. The molecular weight excluding hydrogens is 285 g/mol. The monoisotopic (exact) mass is 302 g/mol. The Morgan fingerprint density at radius 1 is 1.29 bits per heavy atom. The summed E-state index contributed by atoms with van der Waals surface area (Å²) in [6.45, 7) is 2.96. The zero-order valence-corrected chi connectivity index (χ0v) is 11.7. The molecule has 0 atom stereocenters. The van der Waals surface area contributed by atoms with Gasteiger partial charge in [-0.2, -0.15) is 13.2 Å². The number of hydrogen-bond donors (Lipinski definition) is 1. The van der Waals surface area contributed by atoms with Gasteiger partial charge in [-0.15, -0.1) is 0 Å². The van der Waals surface area contributed by atoms with Crippen molar-refractivity contribution in [2.24, 2.45) is 0 Å². The van der Waals surface area contributed by atoms with Crippen LogP contribution < -0.4 is 10.2 Å². The van der Waals surface area contributed by atoms with E-state index in [9.17, 15) is 18.0 Å². The number of alkyl halides is 3. The summed E-state index contributed by atoms with van der Waals surface area (Å²) in [7, 11) is 1.59. The highest BCUT2D eigenvalue weighted by Gasteiger charge is 2.31. The van der Waals surface area contributed by atoms with Gasteiger partial charge in [0.15, 0.2) is 0 Å². The van der Waals surface area contributed by atoms with Crippen LogP contribution in [0.15, 0.2) is 18.3 Å². The number of amides is 1. The molecule has 0 aromatic carbocycles. The number of carbonyl (C=O) groups is 1. The molecule has 0 saturated carbocycles. The Morgan fingerprint density at radius 2 is 1.95 bits per heavy atom. The quantitative estimate of drug-likeness (QED) is 0.904. The molecule has 8 heteroatoms. The summed E-state index contributed by atoms with van der Waals surface area (Å²) >= 11 is 0. The maximum absolute atomic E-state index is 12.5. The minimum absolute atomic E-state index is 0.0453. The number of anilines is 1. The van der Waals surface area contributed by atoms with Crippen LogP contribution in [0.4, 0.5) is 19.0 Å². The normalized spacial score (nSPS) is 16.9. The molecule has 1 N–H and O–H groups in total. The summed E-state index contributed by atoms with van der Waals surface area (Å²) < 4.78 is 37.4. The van der Waals surface area contributed by atoms with Crippen molar-refractivity contribution in [1.29, 1.82) is 0 Å². The van der Waals surface area contributed by atoms with Crippen LogP contribution in [0.3, 0.4) is 0 Å². The maximum atomic E-state index is 12.5. The molecule has 1 saturated heterocycles. The molecule has 2 rings (SSSR count). The highest BCUT2D eigenvalue weighted by molar-refractivity contribution is 5.77. The van der Waals surface area contributed by atoms with E-state index in [0.29, 0.717) is 38.5 Å². The first-order chi connectivity index (χ1) is 9.90. The molecule has 0 spiro atoms.